The van der Waals surface area contributed by atoms with Crippen molar-refractivity contribution in [2.24, 2.45) is 5.92 Å². The number of carboxylic acids is 1. The van der Waals surface area contributed by atoms with E-state index in [4.69, 9.17) is 5.11 Å². The van der Waals surface area contributed by atoms with Crippen LogP contribution in [0.15, 0.2) is 30.3 Å². The number of nitrogens with one attached hydrogen (secondary N) is 1. The third kappa shape index (κ3) is 4.29. The fourth-order valence-corrected chi connectivity index (χ4v) is 2.70. The van der Waals surface area contributed by atoms with Gasteiger partial charge in [0.1, 0.15) is 6.04 Å². The van der Waals surface area contributed by atoms with Gasteiger partial charge in [-0.25, -0.2) is 0 Å². The highest BCUT2D eigenvalue weighted by molar-refractivity contribution is 5.94. The lowest BCUT2D eigenvalue weighted by atomic mass is 9.96. The quantitative estimate of drug-likeness (QED) is 0.864. The average Bonchev–Trinajstić information content (AvgIpc) is 2.53. The molecule has 0 bridgehead atoms. The number of hydrogen-bond acceptors (Lipinski definition) is 3. The molecule has 1 fully saturated rings. The molecule has 2 N–H and O–H groups in total. The van der Waals surface area contributed by atoms with Gasteiger partial charge in [-0.2, -0.15) is 0 Å². The molecule has 1 heterocycles. The molecule has 2 unspecified atom stereocenters. The summed E-state index contributed by atoms with van der Waals surface area (Å²) in [7, 11) is 0. The predicted molar refractivity (Wildman–Crippen MR) is 80.2 cm³/mol. The van der Waals surface area contributed by atoms with Gasteiger partial charge >= 0.3 is 5.97 Å². The standard InChI is InChI=1S/C16H22N2O3/c1-12(16(20)21)18-9-5-6-13(11-18)10-17-15(19)14-7-3-2-4-8-14/h2-4,7-8,12-13H,5-6,9-11H2,1H3,(H,17,19)(H,20,21). The zero-order chi connectivity index (χ0) is 15.2. The number of amides is 1. The molecule has 2 rings (SSSR count). The topological polar surface area (TPSA) is 69.6 Å². The van der Waals surface area contributed by atoms with E-state index < -0.39 is 12.0 Å². The van der Waals surface area contributed by atoms with Gasteiger partial charge in [0.2, 0.25) is 0 Å². The summed E-state index contributed by atoms with van der Waals surface area (Å²) in [5.41, 5.74) is 0.657. The van der Waals surface area contributed by atoms with Crippen molar-refractivity contribution in [1.82, 2.24) is 10.2 Å². The number of likely N-dealkylation sites (tertiary alicyclic amines) is 1. The number of carboxylic acid groups (broad SMARTS) is 1. The Bertz CT molecular complexity index is 490. The number of hydrogen-bond donors (Lipinski definition) is 2. The summed E-state index contributed by atoms with van der Waals surface area (Å²) >= 11 is 0. The fourth-order valence-electron chi connectivity index (χ4n) is 2.70. The zero-order valence-electron chi connectivity index (χ0n) is 12.3. The van der Waals surface area contributed by atoms with Crippen LogP contribution in [0.3, 0.4) is 0 Å². The van der Waals surface area contributed by atoms with Crippen molar-refractivity contribution >= 4 is 11.9 Å². The van der Waals surface area contributed by atoms with E-state index >= 15 is 0 Å². The van der Waals surface area contributed by atoms with E-state index in [1.807, 2.05) is 23.1 Å². The Hall–Kier alpha value is -1.88. The molecular formula is C16H22N2O3. The molecule has 1 saturated heterocycles. The van der Waals surface area contributed by atoms with Crippen LogP contribution in [0.2, 0.25) is 0 Å². The minimum Gasteiger partial charge on any atom is -0.480 e. The largest absolute Gasteiger partial charge is 0.480 e. The van der Waals surface area contributed by atoms with Crippen LogP contribution < -0.4 is 5.32 Å². The maximum atomic E-state index is 12.0. The molecule has 0 radical (unpaired) electrons. The molecule has 1 aromatic carbocycles. The van der Waals surface area contributed by atoms with E-state index in [0.717, 1.165) is 25.9 Å². The Labute approximate surface area is 125 Å². The summed E-state index contributed by atoms with van der Waals surface area (Å²) < 4.78 is 0. The van der Waals surface area contributed by atoms with Gasteiger partial charge < -0.3 is 10.4 Å². The lowest BCUT2D eigenvalue weighted by Gasteiger charge is -2.35. The van der Waals surface area contributed by atoms with Crippen molar-refractivity contribution in [3.05, 3.63) is 35.9 Å². The van der Waals surface area contributed by atoms with Crippen LogP contribution in [0.25, 0.3) is 0 Å². The second-order valence-corrected chi connectivity index (χ2v) is 5.59. The van der Waals surface area contributed by atoms with Gasteiger partial charge in [0.25, 0.3) is 5.91 Å². The molecule has 5 nitrogen and oxygen atoms in total. The average molecular weight is 290 g/mol. The molecule has 114 valence electrons. The Morgan fingerprint density at radius 3 is 2.76 bits per heavy atom. The fraction of sp³-hybridized carbons (Fsp3) is 0.500. The molecule has 0 spiro atoms. The highest BCUT2D eigenvalue weighted by atomic mass is 16.4. The van der Waals surface area contributed by atoms with Crippen LogP contribution in [0.1, 0.15) is 30.1 Å². The van der Waals surface area contributed by atoms with Crippen molar-refractivity contribution in [2.75, 3.05) is 19.6 Å². The summed E-state index contributed by atoms with van der Waals surface area (Å²) in [6.07, 6.45) is 2.00. The molecule has 0 aliphatic carbocycles. The number of carbonyl (C=O) groups is 2. The molecule has 0 saturated carbocycles. The van der Waals surface area contributed by atoms with E-state index in [-0.39, 0.29) is 5.91 Å². The van der Waals surface area contributed by atoms with Crippen molar-refractivity contribution in [2.45, 2.75) is 25.8 Å². The number of aliphatic carboxylic acids is 1. The molecule has 1 aliphatic rings. The molecule has 21 heavy (non-hydrogen) atoms. The van der Waals surface area contributed by atoms with Crippen LogP contribution in [0, 0.1) is 5.92 Å². The Balaban J connectivity index is 1.83. The maximum Gasteiger partial charge on any atom is 0.320 e. The van der Waals surface area contributed by atoms with Crippen molar-refractivity contribution in [3.63, 3.8) is 0 Å². The van der Waals surface area contributed by atoms with E-state index in [1.54, 1.807) is 19.1 Å². The van der Waals surface area contributed by atoms with Crippen LogP contribution in [0.4, 0.5) is 0 Å². The molecule has 1 amide bonds. The minimum absolute atomic E-state index is 0.0704. The van der Waals surface area contributed by atoms with E-state index in [1.165, 1.54) is 0 Å². The van der Waals surface area contributed by atoms with Gasteiger partial charge in [-0.15, -0.1) is 0 Å². The summed E-state index contributed by atoms with van der Waals surface area (Å²) in [4.78, 5) is 25.0. The summed E-state index contributed by atoms with van der Waals surface area (Å²) in [5.74, 6) is -0.545. The summed E-state index contributed by atoms with van der Waals surface area (Å²) in [6, 6.07) is 8.67. The smallest absolute Gasteiger partial charge is 0.320 e. The molecule has 1 aliphatic heterocycles. The third-order valence-electron chi connectivity index (χ3n) is 4.04. The van der Waals surface area contributed by atoms with Crippen LogP contribution in [-0.4, -0.2) is 47.6 Å². The zero-order valence-corrected chi connectivity index (χ0v) is 12.3. The van der Waals surface area contributed by atoms with E-state index in [0.29, 0.717) is 18.0 Å². The summed E-state index contributed by atoms with van der Waals surface area (Å²) in [6.45, 7) is 3.85. The molecule has 5 heteroatoms. The second kappa shape index (κ2) is 7.22. The number of rotatable bonds is 5. The van der Waals surface area contributed by atoms with Gasteiger partial charge in [-0.3, -0.25) is 14.5 Å². The Morgan fingerprint density at radius 2 is 2.10 bits per heavy atom. The van der Waals surface area contributed by atoms with Gasteiger partial charge in [-0.1, -0.05) is 18.2 Å². The van der Waals surface area contributed by atoms with Gasteiger partial charge in [-0.05, 0) is 44.4 Å². The first-order valence-corrected chi connectivity index (χ1v) is 7.38. The van der Waals surface area contributed by atoms with Crippen molar-refractivity contribution in [1.29, 1.82) is 0 Å². The van der Waals surface area contributed by atoms with Gasteiger partial charge in [0, 0.05) is 18.7 Å². The third-order valence-corrected chi connectivity index (χ3v) is 4.04. The van der Waals surface area contributed by atoms with Gasteiger partial charge in [0.15, 0.2) is 0 Å². The second-order valence-electron chi connectivity index (χ2n) is 5.59. The minimum atomic E-state index is -0.788. The molecule has 2 atom stereocenters. The monoisotopic (exact) mass is 290 g/mol. The van der Waals surface area contributed by atoms with Crippen LogP contribution in [-0.2, 0) is 4.79 Å². The van der Waals surface area contributed by atoms with E-state index in [9.17, 15) is 9.59 Å². The Kier molecular flexibility index (Phi) is 5.33. The SMILES string of the molecule is CC(C(=O)O)N1CCCC(CNC(=O)c2ccccc2)C1. The van der Waals surface area contributed by atoms with Gasteiger partial charge in [0.05, 0.1) is 0 Å². The van der Waals surface area contributed by atoms with Crippen molar-refractivity contribution < 1.29 is 14.7 Å². The molecule has 0 aromatic heterocycles. The van der Waals surface area contributed by atoms with Crippen LogP contribution in [0.5, 0.6) is 0 Å². The number of benzene rings is 1. The lowest BCUT2D eigenvalue weighted by molar-refractivity contribution is -0.143. The number of piperidine rings is 1. The Morgan fingerprint density at radius 1 is 1.38 bits per heavy atom. The lowest BCUT2D eigenvalue weighted by Crippen LogP contribution is -2.47. The normalized spacial score (nSPS) is 20.7. The highest BCUT2D eigenvalue weighted by Crippen LogP contribution is 2.18. The number of nitrogens with zero attached hydrogens (tertiary/aromatic N) is 1. The van der Waals surface area contributed by atoms with E-state index in [2.05, 4.69) is 5.32 Å². The first-order valence-electron chi connectivity index (χ1n) is 7.38. The van der Waals surface area contributed by atoms with Crippen LogP contribution >= 0.6 is 0 Å². The number of carbonyl (C=O) groups excluding carboxylic acids is 1. The first-order chi connectivity index (χ1) is 10.1. The molecular weight excluding hydrogens is 268 g/mol. The summed E-state index contributed by atoms with van der Waals surface area (Å²) in [5, 5.41) is 12.0. The highest BCUT2D eigenvalue weighted by Gasteiger charge is 2.27. The first kappa shape index (κ1) is 15.5. The maximum absolute atomic E-state index is 12.0. The predicted octanol–water partition coefficient (Wildman–Crippen LogP) is 1.60. The molecule has 1 aromatic rings. The van der Waals surface area contributed by atoms with Crippen molar-refractivity contribution in [3.8, 4) is 0 Å².